The molecule has 0 spiro atoms. The predicted molar refractivity (Wildman–Crippen MR) is 75.2 cm³/mol. The zero-order valence-electron chi connectivity index (χ0n) is 11.6. The lowest BCUT2D eigenvalue weighted by molar-refractivity contribution is -0.359. The van der Waals surface area contributed by atoms with Crippen LogP contribution in [0.25, 0.3) is 0 Å². The number of benzene rings is 2. The third-order valence-corrected chi connectivity index (χ3v) is 4.62. The van der Waals surface area contributed by atoms with Crippen LogP contribution in [0.4, 0.5) is 42.1 Å². The summed E-state index contributed by atoms with van der Waals surface area (Å²) in [5.74, 6) is -11.6. The average molecular weight is 367 g/mol. The first-order valence-electron chi connectivity index (χ1n) is 6.55. The summed E-state index contributed by atoms with van der Waals surface area (Å²) in [7, 11) is 0. The molecular formula is C15H8F7NS. The van der Waals surface area contributed by atoms with Gasteiger partial charge in [0.15, 0.2) is 0 Å². The van der Waals surface area contributed by atoms with Crippen LogP contribution < -0.4 is 5.32 Å². The van der Waals surface area contributed by atoms with Crippen LogP contribution in [0.5, 0.6) is 0 Å². The van der Waals surface area contributed by atoms with Gasteiger partial charge in [-0.05, 0) is 18.2 Å². The van der Waals surface area contributed by atoms with Gasteiger partial charge >= 0.3 is 18.0 Å². The van der Waals surface area contributed by atoms with Gasteiger partial charge in [0.2, 0.25) is 0 Å². The molecule has 0 bridgehead atoms. The van der Waals surface area contributed by atoms with Crippen molar-refractivity contribution in [2.24, 2.45) is 0 Å². The van der Waals surface area contributed by atoms with E-state index < -0.39 is 29.3 Å². The number of alkyl halides is 7. The Kier molecular flexibility index (Phi) is 3.74. The Bertz CT molecular complexity index is 786. The summed E-state index contributed by atoms with van der Waals surface area (Å²) in [4.78, 5) is 0.789. The van der Waals surface area contributed by atoms with E-state index in [-0.39, 0.29) is 4.90 Å². The van der Waals surface area contributed by atoms with Gasteiger partial charge in [0.25, 0.3) is 0 Å². The summed E-state index contributed by atoms with van der Waals surface area (Å²) in [6.45, 7) is 0. The molecule has 0 aromatic heterocycles. The second kappa shape index (κ2) is 5.30. The highest BCUT2D eigenvalue weighted by atomic mass is 32.2. The van der Waals surface area contributed by atoms with Crippen LogP contribution in [0.2, 0.25) is 0 Å². The first-order chi connectivity index (χ1) is 11.1. The zero-order valence-corrected chi connectivity index (χ0v) is 12.4. The van der Waals surface area contributed by atoms with Crippen molar-refractivity contribution < 1.29 is 30.7 Å². The lowest BCUT2D eigenvalue weighted by Gasteiger charge is -2.31. The first-order valence-corrected chi connectivity index (χ1v) is 7.37. The Labute approximate surface area is 135 Å². The standard InChI is InChI=1S/C15H8F7NS/c16-13(17,14(18,19)15(20,21)22)8-4-3-7-11-12(8)23-9-5-1-2-6-10(9)24-11/h1-7,23H. The summed E-state index contributed by atoms with van der Waals surface area (Å²) in [6.07, 6.45) is -6.38. The van der Waals surface area contributed by atoms with E-state index in [1.165, 1.54) is 12.1 Å². The van der Waals surface area contributed by atoms with Crippen molar-refractivity contribution in [2.75, 3.05) is 5.32 Å². The zero-order chi connectivity index (χ0) is 17.8. The van der Waals surface area contributed by atoms with E-state index in [0.717, 1.165) is 17.8 Å². The van der Waals surface area contributed by atoms with E-state index in [9.17, 15) is 30.7 Å². The molecule has 24 heavy (non-hydrogen) atoms. The molecule has 1 N–H and O–H groups in total. The Morgan fingerprint density at radius 2 is 1.38 bits per heavy atom. The quantitative estimate of drug-likeness (QED) is 0.543. The molecule has 0 saturated carbocycles. The summed E-state index contributed by atoms with van der Waals surface area (Å²) in [5, 5.41) is 2.54. The minimum absolute atomic E-state index is 0.142. The molecule has 0 aliphatic carbocycles. The number of anilines is 2. The van der Waals surface area contributed by atoms with Crippen LogP contribution in [0.15, 0.2) is 52.3 Å². The predicted octanol–water partition coefficient (Wildman–Crippen LogP) is 6.18. The lowest BCUT2D eigenvalue weighted by Crippen LogP contribution is -2.50. The number of rotatable bonds is 2. The maximum absolute atomic E-state index is 14.1. The van der Waals surface area contributed by atoms with Gasteiger partial charge in [-0.2, -0.15) is 30.7 Å². The average Bonchev–Trinajstić information content (AvgIpc) is 2.50. The van der Waals surface area contributed by atoms with Crippen LogP contribution in [-0.4, -0.2) is 12.1 Å². The monoisotopic (exact) mass is 367 g/mol. The molecule has 1 nitrogen and oxygen atoms in total. The van der Waals surface area contributed by atoms with Crippen LogP contribution in [0, 0.1) is 0 Å². The molecule has 1 heterocycles. The Balaban J connectivity index is 2.12. The summed E-state index contributed by atoms with van der Waals surface area (Å²) in [6, 6.07) is 9.43. The Hall–Kier alpha value is -1.90. The second-order valence-corrected chi connectivity index (χ2v) is 6.13. The Morgan fingerprint density at radius 3 is 2.04 bits per heavy atom. The molecule has 0 fully saturated rings. The molecule has 9 heteroatoms. The van der Waals surface area contributed by atoms with Gasteiger partial charge in [-0.15, -0.1) is 0 Å². The van der Waals surface area contributed by atoms with Crippen molar-refractivity contribution >= 4 is 23.1 Å². The van der Waals surface area contributed by atoms with Gasteiger partial charge < -0.3 is 5.32 Å². The van der Waals surface area contributed by atoms with E-state index >= 15 is 0 Å². The molecule has 1 aliphatic rings. The van der Waals surface area contributed by atoms with Gasteiger partial charge in [0.1, 0.15) is 0 Å². The minimum atomic E-state index is -6.38. The number of nitrogens with one attached hydrogen (secondary N) is 1. The molecule has 128 valence electrons. The topological polar surface area (TPSA) is 12.0 Å². The summed E-state index contributed by atoms with van der Waals surface area (Å²) < 4.78 is 92.1. The smallest absolute Gasteiger partial charge is 0.353 e. The molecule has 0 saturated heterocycles. The van der Waals surface area contributed by atoms with E-state index in [1.54, 1.807) is 18.2 Å². The third-order valence-electron chi connectivity index (χ3n) is 3.48. The van der Waals surface area contributed by atoms with Gasteiger partial charge in [0.05, 0.1) is 16.9 Å². The number of hydrogen-bond donors (Lipinski definition) is 1. The van der Waals surface area contributed by atoms with Gasteiger partial charge in [-0.3, -0.25) is 0 Å². The van der Waals surface area contributed by atoms with E-state index in [1.807, 2.05) is 0 Å². The van der Waals surface area contributed by atoms with Gasteiger partial charge in [-0.25, -0.2) is 0 Å². The van der Waals surface area contributed by atoms with Crippen LogP contribution in [0.1, 0.15) is 5.56 Å². The molecular weight excluding hydrogens is 359 g/mol. The molecule has 0 atom stereocenters. The fourth-order valence-corrected chi connectivity index (χ4v) is 3.29. The third kappa shape index (κ3) is 2.42. The van der Waals surface area contributed by atoms with E-state index in [2.05, 4.69) is 5.32 Å². The van der Waals surface area contributed by atoms with Gasteiger partial charge in [-0.1, -0.05) is 36.0 Å². The summed E-state index contributed by atoms with van der Waals surface area (Å²) >= 11 is 1.01. The molecule has 3 rings (SSSR count). The van der Waals surface area contributed by atoms with Crippen molar-refractivity contribution in [1.29, 1.82) is 0 Å². The van der Waals surface area contributed by atoms with Crippen molar-refractivity contribution in [1.82, 2.24) is 0 Å². The van der Waals surface area contributed by atoms with Crippen molar-refractivity contribution in [3.8, 4) is 0 Å². The molecule has 2 aromatic carbocycles. The van der Waals surface area contributed by atoms with Crippen LogP contribution in [-0.2, 0) is 5.92 Å². The maximum Gasteiger partial charge on any atom is 0.460 e. The fourth-order valence-electron chi connectivity index (χ4n) is 2.27. The molecule has 0 unspecified atom stereocenters. The SMILES string of the molecule is FC(F)(F)C(F)(F)C(F)(F)c1cccc2c1Nc1ccccc1S2. The van der Waals surface area contributed by atoms with Gasteiger partial charge in [0, 0.05) is 9.79 Å². The fraction of sp³-hybridized carbons (Fsp3) is 0.200. The van der Waals surface area contributed by atoms with Crippen LogP contribution in [0.3, 0.4) is 0 Å². The minimum Gasteiger partial charge on any atom is -0.353 e. The molecule has 1 aliphatic heterocycles. The highest BCUT2D eigenvalue weighted by Crippen LogP contribution is 2.56. The maximum atomic E-state index is 14.1. The van der Waals surface area contributed by atoms with Crippen molar-refractivity contribution in [2.45, 2.75) is 27.8 Å². The number of para-hydroxylation sites is 2. The normalized spacial score (nSPS) is 14.6. The highest BCUT2D eigenvalue weighted by Gasteiger charge is 2.74. The number of fused-ring (bicyclic) bond motifs is 2. The second-order valence-electron chi connectivity index (χ2n) is 5.05. The Morgan fingerprint density at radius 1 is 0.750 bits per heavy atom. The first kappa shape index (κ1) is 16.9. The number of hydrogen-bond acceptors (Lipinski definition) is 2. The van der Waals surface area contributed by atoms with E-state index in [4.69, 9.17) is 0 Å². The van der Waals surface area contributed by atoms with Crippen molar-refractivity contribution in [3.63, 3.8) is 0 Å². The van der Waals surface area contributed by atoms with Crippen LogP contribution >= 0.6 is 11.8 Å². The molecule has 0 amide bonds. The largest absolute Gasteiger partial charge is 0.460 e. The number of halogens is 7. The molecule has 2 aromatic rings. The van der Waals surface area contributed by atoms with Crippen molar-refractivity contribution in [3.05, 3.63) is 48.0 Å². The molecule has 0 radical (unpaired) electrons. The summed E-state index contributed by atoms with van der Waals surface area (Å²) in [5.41, 5.74) is -1.49. The van der Waals surface area contributed by atoms with E-state index in [0.29, 0.717) is 16.6 Å². The highest BCUT2D eigenvalue weighted by molar-refractivity contribution is 7.99. The lowest BCUT2D eigenvalue weighted by atomic mass is 9.99.